The summed E-state index contributed by atoms with van der Waals surface area (Å²) in [5, 5.41) is 2.40. The van der Waals surface area contributed by atoms with Crippen molar-refractivity contribution in [2.24, 2.45) is 16.8 Å². The lowest BCUT2D eigenvalue weighted by Gasteiger charge is -2.26. The number of aryl methyl sites for hydroxylation is 1. The van der Waals surface area contributed by atoms with Crippen LogP contribution >= 0.6 is 12.2 Å². The van der Waals surface area contributed by atoms with E-state index in [1.54, 1.807) is 0 Å². The summed E-state index contributed by atoms with van der Waals surface area (Å²) in [6, 6.07) is 17.2. The molecule has 0 spiro atoms. The standard InChI is InChI=1S/C22H25NS/c1-17-2-4-18(5-3-17)6-7-19-8-10-20(11-9-19)21-12-14-22(15-13-21)23-16-24/h8-15,17-18H,2-7H2,1H3. The fourth-order valence-electron chi connectivity index (χ4n) is 3.63. The van der Waals surface area contributed by atoms with Crippen molar-refractivity contribution in [1.82, 2.24) is 0 Å². The highest BCUT2D eigenvalue weighted by Crippen LogP contribution is 2.31. The molecule has 0 aliphatic heterocycles. The number of isothiocyanates is 1. The van der Waals surface area contributed by atoms with E-state index in [1.165, 1.54) is 55.2 Å². The second kappa shape index (κ2) is 8.37. The number of hydrogen-bond donors (Lipinski definition) is 0. The average Bonchev–Trinajstić information content (AvgIpc) is 2.63. The van der Waals surface area contributed by atoms with Gasteiger partial charge in [0.25, 0.3) is 0 Å². The first kappa shape index (κ1) is 17.1. The van der Waals surface area contributed by atoms with Gasteiger partial charge in [0.1, 0.15) is 0 Å². The summed E-state index contributed by atoms with van der Waals surface area (Å²) in [7, 11) is 0. The van der Waals surface area contributed by atoms with Gasteiger partial charge < -0.3 is 0 Å². The van der Waals surface area contributed by atoms with Crippen LogP contribution in [0.4, 0.5) is 5.69 Å². The molecule has 0 aromatic heterocycles. The van der Waals surface area contributed by atoms with Gasteiger partial charge in [0.2, 0.25) is 0 Å². The molecule has 24 heavy (non-hydrogen) atoms. The topological polar surface area (TPSA) is 12.4 Å². The molecule has 0 heterocycles. The maximum Gasteiger partial charge on any atom is 0.0739 e. The van der Waals surface area contributed by atoms with Crippen molar-refractivity contribution in [1.29, 1.82) is 0 Å². The first-order chi connectivity index (χ1) is 11.7. The van der Waals surface area contributed by atoms with Gasteiger partial charge in [-0.3, -0.25) is 0 Å². The van der Waals surface area contributed by atoms with E-state index in [9.17, 15) is 0 Å². The minimum atomic E-state index is 0.854. The van der Waals surface area contributed by atoms with Crippen molar-refractivity contribution >= 4 is 23.1 Å². The second-order valence-corrected chi connectivity index (χ2v) is 7.29. The lowest BCUT2D eigenvalue weighted by molar-refractivity contribution is 0.278. The quantitative estimate of drug-likeness (QED) is 0.430. The van der Waals surface area contributed by atoms with Gasteiger partial charge in [0, 0.05) is 0 Å². The molecule has 2 heteroatoms. The third kappa shape index (κ3) is 4.63. The molecule has 0 atom stereocenters. The molecule has 2 aromatic carbocycles. The molecule has 1 fully saturated rings. The van der Waals surface area contributed by atoms with Crippen LogP contribution < -0.4 is 0 Å². The molecule has 1 nitrogen and oxygen atoms in total. The Hall–Kier alpha value is -1.76. The van der Waals surface area contributed by atoms with Crippen LogP contribution in [0.25, 0.3) is 11.1 Å². The summed E-state index contributed by atoms with van der Waals surface area (Å²) in [6.45, 7) is 2.39. The average molecular weight is 336 g/mol. The zero-order valence-electron chi connectivity index (χ0n) is 14.4. The van der Waals surface area contributed by atoms with Crippen LogP contribution in [0, 0.1) is 11.8 Å². The fourth-order valence-corrected chi connectivity index (χ4v) is 3.74. The minimum Gasteiger partial charge on any atom is -0.195 e. The molecule has 1 saturated carbocycles. The fraction of sp³-hybridized carbons (Fsp3) is 0.409. The maximum absolute atomic E-state index is 4.64. The SMILES string of the molecule is CC1CCC(CCc2ccc(-c3ccc(N=C=S)cc3)cc2)CC1. The molecule has 2 aromatic rings. The molecule has 0 radical (unpaired) electrons. The van der Waals surface area contributed by atoms with E-state index in [4.69, 9.17) is 0 Å². The Bertz CT molecular complexity index is 688. The van der Waals surface area contributed by atoms with E-state index < -0.39 is 0 Å². The number of rotatable bonds is 5. The van der Waals surface area contributed by atoms with Gasteiger partial charge in [-0.2, -0.15) is 4.99 Å². The highest BCUT2D eigenvalue weighted by atomic mass is 32.1. The molecule has 0 N–H and O–H groups in total. The van der Waals surface area contributed by atoms with Gasteiger partial charge in [-0.15, -0.1) is 0 Å². The second-order valence-electron chi connectivity index (χ2n) is 7.11. The van der Waals surface area contributed by atoms with Gasteiger partial charge in [0.05, 0.1) is 10.8 Å². The summed E-state index contributed by atoms with van der Waals surface area (Å²) >= 11 is 4.64. The van der Waals surface area contributed by atoms with Crippen LogP contribution in [-0.4, -0.2) is 5.16 Å². The summed E-state index contributed by atoms with van der Waals surface area (Å²) in [6.07, 6.45) is 8.25. The third-order valence-corrected chi connectivity index (χ3v) is 5.40. The number of hydrogen-bond acceptors (Lipinski definition) is 2. The molecular weight excluding hydrogens is 310 g/mol. The van der Waals surface area contributed by atoms with Crippen LogP contribution in [0.5, 0.6) is 0 Å². The van der Waals surface area contributed by atoms with Crippen molar-refractivity contribution in [2.45, 2.75) is 45.4 Å². The molecule has 0 saturated heterocycles. The molecule has 0 unspecified atom stereocenters. The highest BCUT2D eigenvalue weighted by Gasteiger charge is 2.17. The zero-order valence-corrected chi connectivity index (χ0v) is 15.2. The molecule has 0 amide bonds. The van der Waals surface area contributed by atoms with E-state index in [0.717, 1.165) is 17.5 Å². The summed E-state index contributed by atoms with van der Waals surface area (Å²) < 4.78 is 0. The van der Waals surface area contributed by atoms with Crippen LogP contribution in [-0.2, 0) is 6.42 Å². The Balaban J connectivity index is 1.57. The molecular formula is C22H25NS. The van der Waals surface area contributed by atoms with Crippen LogP contribution in [0.2, 0.25) is 0 Å². The lowest BCUT2D eigenvalue weighted by atomic mass is 9.80. The molecule has 124 valence electrons. The summed E-state index contributed by atoms with van der Waals surface area (Å²) in [5.41, 5.74) is 4.78. The lowest BCUT2D eigenvalue weighted by Crippen LogP contribution is -2.12. The predicted molar refractivity (Wildman–Crippen MR) is 106 cm³/mol. The Labute approximate surface area is 150 Å². The van der Waals surface area contributed by atoms with Crippen molar-refractivity contribution < 1.29 is 0 Å². The number of benzene rings is 2. The Kier molecular flexibility index (Phi) is 5.96. The largest absolute Gasteiger partial charge is 0.195 e. The molecule has 1 aliphatic rings. The maximum atomic E-state index is 4.64. The van der Waals surface area contributed by atoms with Crippen LogP contribution in [0.1, 0.15) is 44.6 Å². The van der Waals surface area contributed by atoms with Crippen LogP contribution in [0.15, 0.2) is 53.5 Å². The van der Waals surface area contributed by atoms with Gasteiger partial charge in [-0.05, 0) is 65.7 Å². The summed E-state index contributed by atoms with van der Waals surface area (Å²) in [5.74, 6) is 1.89. The predicted octanol–water partition coefficient (Wildman–Crippen LogP) is 6.85. The molecule has 1 aliphatic carbocycles. The van der Waals surface area contributed by atoms with E-state index in [1.807, 2.05) is 12.1 Å². The smallest absolute Gasteiger partial charge is 0.0739 e. The highest BCUT2D eigenvalue weighted by molar-refractivity contribution is 7.78. The van der Waals surface area contributed by atoms with Gasteiger partial charge in [-0.25, -0.2) is 0 Å². The Morgan fingerprint density at radius 3 is 2.08 bits per heavy atom. The van der Waals surface area contributed by atoms with E-state index in [-0.39, 0.29) is 0 Å². The molecule has 0 bridgehead atoms. The minimum absolute atomic E-state index is 0.854. The Morgan fingerprint density at radius 2 is 1.50 bits per heavy atom. The van der Waals surface area contributed by atoms with Crippen molar-refractivity contribution in [3.8, 4) is 11.1 Å². The molecule has 3 rings (SSSR count). The normalized spacial score (nSPS) is 20.4. The van der Waals surface area contributed by atoms with Crippen molar-refractivity contribution in [3.05, 3.63) is 54.1 Å². The van der Waals surface area contributed by atoms with Gasteiger partial charge in [-0.1, -0.05) is 69.0 Å². The van der Waals surface area contributed by atoms with Crippen molar-refractivity contribution in [3.63, 3.8) is 0 Å². The summed E-state index contributed by atoms with van der Waals surface area (Å²) in [4.78, 5) is 3.99. The van der Waals surface area contributed by atoms with E-state index in [2.05, 4.69) is 65.7 Å². The number of nitrogens with zero attached hydrogens (tertiary/aromatic N) is 1. The first-order valence-electron chi connectivity index (χ1n) is 9.02. The van der Waals surface area contributed by atoms with Gasteiger partial charge in [0.15, 0.2) is 0 Å². The Morgan fingerprint density at radius 1 is 0.917 bits per heavy atom. The van der Waals surface area contributed by atoms with E-state index in [0.29, 0.717) is 0 Å². The van der Waals surface area contributed by atoms with Crippen LogP contribution in [0.3, 0.4) is 0 Å². The van der Waals surface area contributed by atoms with E-state index >= 15 is 0 Å². The number of aliphatic imine (C=N–C) groups is 1. The van der Waals surface area contributed by atoms with Gasteiger partial charge >= 0.3 is 0 Å². The number of thiocarbonyl (C=S) groups is 1. The third-order valence-electron chi connectivity index (χ3n) is 5.31. The zero-order chi connectivity index (χ0) is 16.8. The van der Waals surface area contributed by atoms with Crippen molar-refractivity contribution in [2.75, 3.05) is 0 Å². The monoisotopic (exact) mass is 335 g/mol. The first-order valence-corrected chi connectivity index (χ1v) is 9.42.